The molecule has 1 fully saturated rings. The van der Waals surface area contributed by atoms with Crippen molar-refractivity contribution >= 4 is 0 Å². The third-order valence-electron chi connectivity index (χ3n) is 3.28. The minimum atomic E-state index is 0.637. The molecule has 1 aromatic rings. The van der Waals surface area contributed by atoms with Crippen molar-refractivity contribution in [3.05, 3.63) is 18.2 Å². The molecule has 1 unspecified atom stereocenters. The van der Waals surface area contributed by atoms with E-state index < -0.39 is 0 Å². The summed E-state index contributed by atoms with van der Waals surface area (Å²) < 4.78 is 2.25. The van der Waals surface area contributed by atoms with Crippen LogP contribution in [0.25, 0.3) is 0 Å². The van der Waals surface area contributed by atoms with Crippen LogP contribution in [0.2, 0.25) is 0 Å². The Morgan fingerprint density at radius 3 is 3.06 bits per heavy atom. The molecule has 90 valence electrons. The van der Waals surface area contributed by atoms with Gasteiger partial charge in [0.1, 0.15) is 0 Å². The summed E-state index contributed by atoms with van der Waals surface area (Å²) in [6.45, 7) is 6.52. The highest BCUT2D eigenvalue weighted by Gasteiger charge is 2.23. The molecule has 16 heavy (non-hydrogen) atoms. The smallest absolute Gasteiger partial charge is 0.0948 e. The van der Waals surface area contributed by atoms with Crippen LogP contribution in [0.1, 0.15) is 45.2 Å². The van der Waals surface area contributed by atoms with Gasteiger partial charge in [-0.3, -0.25) is 0 Å². The molecule has 2 rings (SSSR count). The minimum absolute atomic E-state index is 0.637. The molecular weight excluding hydrogens is 198 g/mol. The zero-order valence-electron chi connectivity index (χ0n) is 10.4. The predicted octanol–water partition coefficient (Wildman–Crippen LogP) is 2.57. The van der Waals surface area contributed by atoms with Gasteiger partial charge in [0.15, 0.2) is 0 Å². The third kappa shape index (κ3) is 3.34. The molecule has 3 heteroatoms. The monoisotopic (exact) mass is 221 g/mol. The highest BCUT2D eigenvalue weighted by atomic mass is 15.1. The van der Waals surface area contributed by atoms with Gasteiger partial charge in [-0.25, -0.2) is 4.98 Å². The summed E-state index contributed by atoms with van der Waals surface area (Å²) in [6, 6.07) is 0.637. The number of hydrogen-bond donors (Lipinski definition) is 1. The van der Waals surface area contributed by atoms with E-state index >= 15 is 0 Å². The fourth-order valence-electron chi connectivity index (χ4n) is 2.15. The Morgan fingerprint density at radius 1 is 1.56 bits per heavy atom. The van der Waals surface area contributed by atoms with Crippen LogP contribution in [0.3, 0.4) is 0 Å². The first-order valence-corrected chi connectivity index (χ1v) is 6.52. The maximum absolute atomic E-state index is 4.21. The van der Waals surface area contributed by atoms with Crippen LogP contribution in [0, 0.1) is 5.92 Å². The second-order valence-corrected chi connectivity index (χ2v) is 5.04. The van der Waals surface area contributed by atoms with E-state index in [4.69, 9.17) is 0 Å². The van der Waals surface area contributed by atoms with Crippen LogP contribution in [0.4, 0.5) is 0 Å². The Bertz CT molecular complexity index is 315. The SMILES string of the molecule is CCCn1cncc1CNC(C)CC1CC1. The van der Waals surface area contributed by atoms with Crippen molar-refractivity contribution in [2.24, 2.45) is 5.92 Å². The normalized spacial score (nSPS) is 17.6. The summed E-state index contributed by atoms with van der Waals surface area (Å²) in [6.07, 6.45) is 9.31. The standard InChI is InChI=1S/C13H23N3/c1-3-6-16-10-14-8-13(16)9-15-11(2)7-12-4-5-12/h8,10-12,15H,3-7,9H2,1-2H3. The molecule has 0 saturated heterocycles. The van der Waals surface area contributed by atoms with Crippen LogP contribution >= 0.6 is 0 Å². The number of aromatic nitrogens is 2. The van der Waals surface area contributed by atoms with Crippen LogP contribution in [-0.4, -0.2) is 15.6 Å². The van der Waals surface area contributed by atoms with E-state index in [1.54, 1.807) is 0 Å². The molecule has 1 N–H and O–H groups in total. The molecular formula is C13H23N3. The second-order valence-electron chi connectivity index (χ2n) is 5.04. The van der Waals surface area contributed by atoms with E-state index in [9.17, 15) is 0 Å². The molecule has 0 radical (unpaired) electrons. The number of imidazole rings is 1. The Labute approximate surface area is 98.3 Å². The molecule has 1 atom stereocenters. The molecule has 0 aliphatic heterocycles. The summed E-state index contributed by atoms with van der Waals surface area (Å²) in [5, 5.41) is 3.59. The highest BCUT2D eigenvalue weighted by molar-refractivity contribution is 4.98. The fourth-order valence-corrected chi connectivity index (χ4v) is 2.15. The molecule has 0 aromatic carbocycles. The number of rotatable bonds is 7. The van der Waals surface area contributed by atoms with Crippen molar-refractivity contribution in [1.82, 2.24) is 14.9 Å². The number of aryl methyl sites for hydroxylation is 1. The summed E-state index contributed by atoms with van der Waals surface area (Å²) in [4.78, 5) is 4.21. The number of nitrogens with zero attached hydrogens (tertiary/aromatic N) is 2. The van der Waals surface area contributed by atoms with Crippen LogP contribution in [0.15, 0.2) is 12.5 Å². The predicted molar refractivity (Wildman–Crippen MR) is 66.2 cm³/mol. The van der Waals surface area contributed by atoms with E-state index in [2.05, 4.69) is 28.7 Å². The van der Waals surface area contributed by atoms with Crippen LogP contribution < -0.4 is 5.32 Å². The molecule has 1 aliphatic rings. The Kier molecular flexibility index (Phi) is 3.99. The van der Waals surface area contributed by atoms with Crippen molar-refractivity contribution < 1.29 is 0 Å². The van der Waals surface area contributed by atoms with E-state index in [0.717, 1.165) is 19.0 Å². The molecule has 1 aromatic heterocycles. The lowest BCUT2D eigenvalue weighted by Crippen LogP contribution is -2.27. The van der Waals surface area contributed by atoms with Crippen molar-refractivity contribution in [3.8, 4) is 0 Å². The molecule has 0 spiro atoms. The van der Waals surface area contributed by atoms with Gasteiger partial charge in [0.25, 0.3) is 0 Å². The quantitative estimate of drug-likeness (QED) is 0.767. The first kappa shape index (κ1) is 11.6. The van der Waals surface area contributed by atoms with Crippen molar-refractivity contribution in [2.75, 3.05) is 0 Å². The Hall–Kier alpha value is -0.830. The maximum Gasteiger partial charge on any atom is 0.0948 e. The lowest BCUT2D eigenvalue weighted by molar-refractivity contribution is 0.475. The second kappa shape index (κ2) is 5.48. The molecule has 1 saturated carbocycles. The van der Waals surface area contributed by atoms with Gasteiger partial charge in [-0.1, -0.05) is 19.8 Å². The average molecular weight is 221 g/mol. The van der Waals surface area contributed by atoms with E-state index in [-0.39, 0.29) is 0 Å². The van der Waals surface area contributed by atoms with Gasteiger partial charge in [-0.05, 0) is 25.7 Å². The molecule has 0 amide bonds. The molecule has 3 nitrogen and oxygen atoms in total. The average Bonchev–Trinajstić information content (AvgIpc) is 2.95. The van der Waals surface area contributed by atoms with Crippen molar-refractivity contribution in [1.29, 1.82) is 0 Å². The summed E-state index contributed by atoms with van der Waals surface area (Å²) in [5.41, 5.74) is 1.31. The van der Waals surface area contributed by atoms with Gasteiger partial charge in [-0.2, -0.15) is 0 Å². The Morgan fingerprint density at radius 2 is 2.38 bits per heavy atom. The fraction of sp³-hybridized carbons (Fsp3) is 0.769. The van der Waals surface area contributed by atoms with Crippen molar-refractivity contribution in [2.45, 2.75) is 58.7 Å². The molecule has 1 aliphatic carbocycles. The topological polar surface area (TPSA) is 29.9 Å². The molecule has 0 bridgehead atoms. The van der Waals surface area contributed by atoms with Gasteiger partial charge in [0.2, 0.25) is 0 Å². The summed E-state index contributed by atoms with van der Waals surface area (Å²) >= 11 is 0. The summed E-state index contributed by atoms with van der Waals surface area (Å²) in [7, 11) is 0. The van der Waals surface area contributed by atoms with E-state index in [1.807, 2.05) is 12.5 Å². The zero-order chi connectivity index (χ0) is 11.4. The largest absolute Gasteiger partial charge is 0.333 e. The van der Waals surface area contributed by atoms with Crippen LogP contribution in [0.5, 0.6) is 0 Å². The molecule has 1 heterocycles. The first-order chi connectivity index (χ1) is 7.79. The highest BCUT2D eigenvalue weighted by Crippen LogP contribution is 2.33. The lowest BCUT2D eigenvalue weighted by Gasteiger charge is -2.14. The maximum atomic E-state index is 4.21. The van der Waals surface area contributed by atoms with E-state index in [1.165, 1.54) is 31.4 Å². The van der Waals surface area contributed by atoms with Gasteiger partial charge in [0, 0.05) is 25.3 Å². The van der Waals surface area contributed by atoms with E-state index in [0.29, 0.717) is 6.04 Å². The van der Waals surface area contributed by atoms with Gasteiger partial charge in [-0.15, -0.1) is 0 Å². The third-order valence-corrected chi connectivity index (χ3v) is 3.28. The number of hydrogen-bond acceptors (Lipinski definition) is 2. The number of nitrogens with one attached hydrogen (secondary N) is 1. The zero-order valence-corrected chi connectivity index (χ0v) is 10.4. The minimum Gasteiger partial charge on any atom is -0.333 e. The Balaban J connectivity index is 1.76. The van der Waals surface area contributed by atoms with Crippen molar-refractivity contribution in [3.63, 3.8) is 0 Å². The first-order valence-electron chi connectivity index (χ1n) is 6.52. The van der Waals surface area contributed by atoms with Crippen LogP contribution in [-0.2, 0) is 13.1 Å². The lowest BCUT2D eigenvalue weighted by atomic mass is 10.1. The van der Waals surface area contributed by atoms with Gasteiger partial charge >= 0.3 is 0 Å². The van der Waals surface area contributed by atoms with Gasteiger partial charge < -0.3 is 9.88 Å². The van der Waals surface area contributed by atoms with Gasteiger partial charge in [0.05, 0.1) is 12.0 Å². The summed E-state index contributed by atoms with van der Waals surface area (Å²) in [5.74, 6) is 1.00.